The van der Waals surface area contributed by atoms with Gasteiger partial charge in [-0.15, -0.1) is 22.7 Å². The Balaban J connectivity index is 1.89. The van der Waals surface area contributed by atoms with Crippen LogP contribution in [0.4, 0.5) is 0 Å². The molecule has 0 saturated heterocycles. The number of hydrogen-bond donors (Lipinski definition) is 0. The molecule has 0 aromatic carbocycles. The summed E-state index contributed by atoms with van der Waals surface area (Å²) in [5.41, 5.74) is 3.49. The minimum atomic E-state index is 0.231. The van der Waals surface area contributed by atoms with Gasteiger partial charge in [0.1, 0.15) is 0 Å². The number of thiophene rings is 2. The molecule has 0 saturated carbocycles. The molecular weight excluding hydrogens is 524 g/mol. The van der Waals surface area contributed by atoms with Crippen LogP contribution in [-0.4, -0.2) is 0 Å². The Morgan fingerprint density at radius 2 is 1.34 bits per heavy atom. The lowest BCUT2D eigenvalue weighted by molar-refractivity contribution is 0.311. The van der Waals surface area contributed by atoms with Crippen LogP contribution in [0.15, 0.2) is 19.7 Å². The molecule has 162 valence electrons. The summed E-state index contributed by atoms with van der Waals surface area (Å²) < 4.78 is 2.60. The van der Waals surface area contributed by atoms with Crippen molar-refractivity contribution in [2.24, 2.45) is 5.92 Å². The molecule has 0 nitrogen and oxygen atoms in total. The van der Waals surface area contributed by atoms with Crippen LogP contribution in [0.5, 0.6) is 0 Å². The van der Waals surface area contributed by atoms with Crippen LogP contribution in [0.25, 0.3) is 9.75 Å². The van der Waals surface area contributed by atoms with Gasteiger partial charge in [0.15, 0.2) is 0 Å². The van der Waals surface area contributed by atoms with Gasteiger partial charge in [-0.25, -0.2) is 0 Å². The van der Waals surface area contributed by atoms with Gasteiger partial charge < -0.3 is 0 Å². The molecule has 3 rings (SSSR count). The Bertz CT molecular complexity index is 728. The van der Waals surface area contributed by atoms with E-state index in [4.69, 9.17) is 0 Å². The standard InChI is InChI=1S/C25H36Br2S2/c1-4-7-9-10-11-12-14-25(17-18(6-3)13-8-5-2)19-15-21(26)28-23(19)24-20(25)16-22(27)29-24/h15-16,18H,4-14,17H2,1-3H3. The smallest absolute Gasteiger partial charge is 0.0708 e. The Morgan fingerprint density at radius 1 is 0.793 bits per heavy atom. The predicted molar refractivity (Wildman–Crippen MR) is 140 cm³/mol. The highest BCUT2D eigenvalue weighted by atomic mass is 79.9. The predicted octanol–water partition coefficient (Wildman–Crippen LogP) is 11.0. The Hall–Kier alpha value is 0.360. The molecule has 0 fully saturated rings. The van der Waals surface area contributed by atoms with Gasteiger partial charge >= 0.3 is 0 Å². The third-order valence-electron chi connectivity index (χ3n) is 6.78. The number of fused-ring (bicyclic) bond motifs is 3. The maximum absolute atomic E-state index is 3.81. The topological polar surface area (TPSA) is 0 Å². The van der Waals surface area contributed by atoms with Crippen molar-refractivity contribution in [2.75, 3.05) is 0 Å². The largest absolute Gasteiger partial charge is 0.127 e. The van der Waals surface area contributed by atoms with Gasteiger partial charge in [-0.1, -0.05) is 85.0 Å². The van der Waals surface area contributed by atoms with Crippen LogP contribution >= 0.6 is 54.5 Å². The summed E-state index contributed by atoms with van der Waals surface area (Å²) in [6, 6.07) is 4.93. The van der Waals surface area contributed by atoms with Gasteiger partial charge in [0.25, 0.3) is 0 Å². The molecule has 0 bridgehead atoms. The van der Waals surface area contributed by atoms with Crippen molar-refractivity contribution in [3.8, 4) is 9.75 Å². The average Bonchev–Trinajstić information content (AvgIpc) is 3.34. The van der Waals surface area contributed by atoms with Gasteiger partial charge in [0.05, 0.1) is 7.57 Å². The molecule has 1 aliphatic rings. The van der Waals surface area contributed by atoms with E-state index in [0.29, 0.717) is 0 Å². The zero-order valence-corrected chi connectivity index (χ0v) is 23.1. The minimum Gasteiger partial charge on any atom is -0.127 e. The molecule has 4 heteroatoms. The zero-order chi connectivity index (χ0) is 20.9. The van der Waals surface area contributed by atoms with Crippen LogP contribution in [-0.2, 0) is 5.41 Å². The molecule has 0 spiro atoms. The van der Waals surface area contributed by atoms with E-state index in [1.165, 1.54) is 84.6 Å². The second-order valence-electron chi connectivity index (χ2n) is 8.81. The summed E-state index contributed by atoms with van der Waals surface area (Å²) in [5.74, 6) is 0.825. The molecule has 2 heterocycles. The quantitative estimate of drug-likeness (QED) is 0.214. The van der Waals surface area contributed by atoms with Gasteiger partial charge in [-0.3, -0.25) is 0 Å². The van der Waals surface area contributed by atoms with Crippen molar-refractivity contribution in [1.29, 1.82) is 0 Å². The normalized spacial score (nSPS) is 15.5. The van der Waals surface area contributed by atoms with Crippen LogP contribution < -0.4 is 0 Å². The van der Waals surface area contributed by atoms with E-state index in [1.54, 1.807) is 20.9 Å². The first-order valence-electron chi connectivity index (χ1n) is 11.7. The van der Waals surface area contributed by atoms with Crippen LogP contribution in [0.3, 0.4) is 0 Å². The summed E-state index contributed by atoms with van der Waals surface area (Å²) in [7, 11) is 0. The molecule has 1 atom stereocenters. The lowest BCUT2D eigenvalue weighted by Crippen LogP contribution is -2.28. The third-order valence-corrected chi connectivity index (χ3v) is 10.2. The number of rotatable bonds is 13. The highest BCUT2D eigenvalue weighted by Crippen LogP contribution is 2.61. The summed E-state index contributed by atoms with van der Waals surface area (Å²) in [5, 5.41) is 0. The summed E-state index contributed by atoms with van der Waals surface area (Å²) >= 11 is 11.5. The molecule has 2 aromatic heterocycles. The average molecular weight is 561 g/mol. The fraction of sp³-hybridized carbons (Fsp3) is 0.680. The van der Waals surface area contributed by atoms with Crippen LogP contribution in [0, 0.1) is 5.92 Å². The second-order valence-corrected chi connectivity index (χ2v) is 13.7. The maximum Gasteiger partial charge on any atom is 0.0708 e. The first-order chi connectivity index (χ1) is 14.1. The van der Waals surface area contributed by atoms with Crippen molar-refractivity contribution in [1.82, 2.24) is 0 Å². The van der Waals surface area contributed by atoms with Gasteiger partial charge in [-0.05, 0) is 73.9 Å². The van der Waals surface area contributed by atoms with E-state index in [9.17, 15) is 0 Å². The van der Waals surface area contributed by atoms with E-state index in [1.807, 2.05) is 22.7 Å². The summed E-state index contributed by atoms with van der Waals surface area (Å²) in [6.07, 6.45) is 16.3. The van der Waals surface area contributed by atoms with Gasteiger partial charge in [0.2, 0.25) is 0 Å². The minimum absolute atomic E-state index is 0.231. The van der Waals surface area contributed by atoms with Crippen LogP contribution in [0.1, 0.15) is 109 Å². The maximum atomic E-state index is 3.81. The van der Waals surface area contributed by atoms with Gasteiger partial charge in [0, 0.05) is 15.2 Å². The van der Waals surface area contributed by atoms with Crippen molar-refractivity contribution in [3.63, 3.8) is 0 Å². The van der Waals surface area contributed by atoms with E-state index in [0.717, 1.165) is 5.92 Å². The fourth-order valence-electron chi connectivity index (χ4n) is 5.15. The highest BCUT2D eigenvalue weighted by Gasteiger charge is 2.46. The molecule has 1 unspecified atom stereocenters. The highest BCUT2D eigenvalue weighted by molar-refractivity contribution is 9.11. The summed E-state index contributed by atoms with van der Waals surface area (Å²) in [4.78, 5) is 3.08. The number of halogens is 2. The lowest BCUT2D eigenvalue weighted by Gasteiger charge is -2.35. The lowest BCUT2D eigenvalue weighted by atomic mass is 9.68. The molecule has 0 N–H and O–H groups in total. The number of unbranched alkanes of at least 4 members (excludes halogenated alkanes) is 6. The van der Waals surface area contributed by atoms with E-state index < -0.39 is 0 Å². The third kappa shape index (κ3) is 5.41. The molecular formula is C25H36Br2S2. The summed E-state index contributed by atoms with van der Waals surface area (Å²) in [6.45, 7) is 7.04. The number of hydrogen-bond acceptors (Lipinski definition) is 2. The van der Waals surface area contributed by atoms with Crippen molar-refractivity contribution in [3.05, 3.63) is 30.8 Å². The van der Waals surface area contributed by atoms with Gasteiger partial charge in [-0.2, -0.15) is 0 Å². The SMILES string of the molecule is CCCCCCCCC1(CC(CC)CCCC)c2cc(Br)sc2-c2sc(Br)cc21. The Morgan fingerprint density at radius 3 is 1.90 bits per heavy atom. The van der Waals surface area contributed by atoms with E-state index in [-0.39, 0.29) is 5.41 Å². The van der Waals surface area contributed by atoms with Crippen molar-refractivity contribution in [2.45, 2.75) is 103 Å². The molecule has 29 heavy (non-hydrogen) atoms. The molecule has 0 radical (unpaired) electrons. The van der Waals surface area contributed by atoms with Crippen LogP contribution in [0.2, 0.25) is 0 Å². The fourth-order valence-corrected chi connectivity index (χ4v) is 8.71. The van der Waals surface area contributed by atoms with Crippen molar-refractivity contribution < 1.29 is 0 Å². The molecule has 2 aromatic rings. The first kappa shape index (κ1) is 24.0. The molecule has 0 aliphatic heterocycles. The first-order valence-corrected chi connectivity index (χ1v) is 14.9. The molecule has 0 amide bonds. The Kier molecular flexibility index (Phi) is 9.35. The zero-order valence-electron chi connectivity index (χ0n) is 18.3. The van der Waals surface area contributed by atoms with Crippen molar-refractivity contribution >= 4 is 54.5 Å². The van der Waals surface area contributed by atoms with E-state index >= 15 is 0 Å². The molecule has 1 aliphatic carbocycles. The monoisotopic (exact) mass is 558 g/mol. The van der Waals surface area contributed by atoms with E-state index in [2.05, 4.69) is 64.8 Å². The Labute approximate surface area is 203 Å². The second kappa shape index (κ2) is 11.3.